The van der Waals surface area contributed by atoms with E-state index in [-0.39, 0.29) is 11.9 Å². The van der Waals surface area contributed by atoms with E-state index < -0.39 is 6.10 Å². The van der Waals surface area contributed by atoms with E-state index in [9.17, 15) is 4.79 Å². The fraction of sp³-hybridized carbons (Fsp3) is 0.316. The van der Waals surface area contributed by atoms with Crippen LogP contribution in [0.25, 0.3) is 0 Å². The molecule has 0 radical (unpaired) electrons. The molecule has 0 bridgehead atoms. The number of hydrogen-bond acceptors (Lipinski definition) is 3. The Bertz CT molecular complexity index is 736. The molecule has 2 aromatic carbocycles. The molecule has 0 spiro atoms. The number of hydrogen-bond donors (Lipinski definition) is 1. The van der Waals surface area contributed by atoms with Gasteiger partial charge in [-0.3, -0.25) is 4.79 Å². The number of benzene rings is 2. The minimum atomic E-state index is -0.587. The van der Waals surface area contributed by atoms with Crippen LogP contribution in [0.15, 0.2) is 42.5 Å². The Kier molecular flexibility index (Phi) is 7.12. The van der Waals surface area contributed by atoms with Crippen LogP contribution in [0.3, 0.4) is 0 Å². The lowest BCUT2D eigenvalue weighted by molar-refractivity contribution is -0.133. The molecule has 0 aliphatic heterocycles. The zero-order chi connectivity index (χ0) is 18.4. The van der Waals surface area contributed by atoms with E-state index in [0.29, 0.717) is 16.7 Å². The third kappa shape index (κ3) is 5.63. The first-order chi connectivity index (χ1) is 11.9. The number of carbonyl (C=O) groups is 1. The van der Waals surface area contributed by atoms with Crippen molar-refractivity contribution in [3.05, 3.63) is 63.6 Å². The molecule has 6 heteroatoms. The van der Waals surface area contributed by atoms with Crippen LogP contribution in [0.4, 0.5) is 0 Å². The molecule has 0 aliphatic rings. The van der Waals surface area contributed by atoms with Crippen molar-refractivity contribution < 1.29 is 14.3 Å². The molecule has 0 heterocycles. The lowest BCUT2D eigenvalue weighted by atomic mass is 10.1. The van der Waals surface area contributed by atoms with Crippen molar-refractivity contribution in [3.8, 4) is 5.75 Å². The van der Waals surface area contributed by atoms with E-state index in [1.54, 1.807) is 26.2 Å². The first-order valence-electron chi connectivity index (χ1n) is 7.90. The zero-order valence-electron chi connectivity index (χ0n) is 14.4. The normalized spacial score (nSPS) is 13.2. The highest BCUT2D eigenvalue weighted by molar-refractivity contribution is 6.42. The molecule has 0 aromatic heterocycles. The van der Waals surface area contributed by atoms with Crippen molar-refractivity contribution in [2.24, 2.45) is 0 Å². The maximum Gasteiger partial charge on any atom is 0.249 e. The van der Waals surface area contributed by atoms with Crippen molar-refractivity contribution in [3.63, 3.8) is 0 Å². The van der Waals surface area contributed by atoms with Crippen molar-refractivity contribution in [2.75, 3.05) is 7.11 Å². The Morgan fingerprint density at radius 3 is 2.56 bits per heavy atom. The van der Waals surface area contributed by atoms with Crippen LogP contribution in [-0.2, 0) is 16.1 Å². The van der Waals surface area contributed by atoms with Crippen molar-refractivity contribution in [1.29, 1.82) is 0 Å². The molecule has 0 saturated carbocycles. The Labute approximate surface area is 158 Å². The molecule has 25 heavy (non-hydrogen) atoms. The molecule has 1 amide bonds. The van der Waals surface area contributed by atoms with E-state index in [1.165, 1.54) is 0 Å². The molecule has 2 rings (SSSR count). The standard InChI is InChI=1S/C19H21Cl2NO3/c1-12(15-7-8-17(20)18(21)10-15)22-19(23)13(2)25-11-14-5-4-6-16(9-14)24-3/h4-10,12-13H,11H2,1-3H3,(H,22,23)/t12-,13-/m0/s1. The van der Waals surface area contributed by atoms with E-state index in [2.05, 4.69) is 5.32 Å². The van der Waals surface area contributed by atoms with Crippen LogP contribution in [-0.4, -0.2) is 19.1 Å². The highest BCUT2D eigenvalue weighted by Gasteiger charge is 2.17. The number of halogens is 2. The van der Waals surface area contributed by atoms with Crippen LogP contribution in [0.5, 0.6) is 5.75 Å². The average molecular weight is 382 g/mol. The van der Waals surface area contributed by atoms with Gasteiger partial charge in [-0.05, 0) is 49.2 Å². The monoisotopic (exact) mass is 381 g/mol. The number of amides is 1. The summed E-state index contributed by atoms with van der Waals surface area (Å²) in [5.74, 6) is 0.563. The van der Waals surface area contributed by atoms with E-state index in [0.717, 1.165) is 16.9 Å². The van der Waals surface area contributed by atoms with Gasteiger partial charge in [-0.25, -0.2) is 0 Å². The SMILES string of the molecule is COc1cccc(CO[C@@H](C)C(=O)N[C@@H](C)c2ccc(Cl)c(Cl)c2)c1. The predicted molar refractivity (Wildman–Crippen MR) is 100 cm³/mol. The Balaban J connectivity index is 1.89. The topological polar surface area (TPSA) is 47.6 Å². The molecule has 0 unspecified atom stereocenters. The average Bonchev–Trinajstić information content (AvgIpc) is 2.61. The predicted octanol–water partition coefficient (Wildman–Crippen LogP) is 4.78. The van der Waals surface area contributed by atoms with Gasteiger partial charge in [-0.15, -0.1) is 0 Å². The molecular formula is C19H21Cl2NO3. The number of carbonyl (C=O) groups excluding carboxylic acids is 1. The van der Waals surface area contributed by atoms with Crippen LogP contribution >= 0.6 is 23.2 Å². The molecule has 1 N–H and O–H groups in total. The minimum absolute atomic E-state index is 0.193. The fourth-order valence-electron chi connectivity index (χ4n) is 2.25. The second kappa shape index (κ2) is 9.09. The van der Waals surface area contributed by atoms with Gasteiger partial charge in [0.15, 0.2) is 0 Å². The lowest BCUT2D eigenvalue weighted by Gasteiger charge is -2.19. The minimum Gasteiger partial charge on any atom is -0.497 e. The molecule has 134 valence electrons. The number of ether oxygens (including phenoxy) is 2. The number of rotatable bonds is 7. The summed E-state index contributed by atoms with van der Waals surface area (Å²) in [4.78, 5) is 12.3. The number of methoxy groups -OCH3 is 1. The summed E-state index contributed by atoms with van der Waals surface area (Å²) in [6, 6.07) is 12.6. The second-order valence-corrected chi connectivity index (χ2v) is 6.52. The van der Waals surface area contributed by atoms with E-state index >= 15 is 0 Å². The molecule has 0 aliphatic carbocycles. The summed E-state index contributed by atoms with van der Waals surface area (Å²) in [6.07, 6.45) is -0.587. The van der Waals surface area contributed by atoms with Gasteiger partial charge in [-0.1, -0.05) is 41.4 Å². The van der Waals surface area contributed by atoms with Gasteiger partial charge in [0, 0.05) is 0 Å². The first kappa shape index (κ1) is 19.6. The van der Waals surface area contributed by atoms with Gasteiger partial charge in [0.2, 0.25) is 5.91 Å². The highest BCUT2D eigenvalue weighted by atomic mass is 35.5. The molecule has 2 aromatic rings. The van der Waals surface area contributed by atoms with Crippen molar-refractivity contribution in [2.45, 2.75) is 32.6 Å². The van der Waals surface area contributed by atoms with Gasteiger partial charge >= 0.3 is 0 Å². The fourth-order valence-corrected chi connectivity index (χ4v) is 2.56. The third-order valence-electron chi connectivity index (χ3n) is 3.81. The smallest absolute Gasteiger partial charge is 0.249 e. The molecule has 0 saturated heterocycles. The summed E-state index contributed by atoms with van der Waals surface area (Å²) in [5, 5.41) is 3.86. The van der Waals surface area contributed by atoms with E-state index in [4.69, 9.17) is 32.7 Å². The lowest BCUT2D eigenvalue weighted by Crippen LogP contribution is -2.36. The Hall–Kier alpha value is -1.75. The largest absolute Gasteiger partial charge is 0.497 e. The van der Waals surface area contributed by atoms with Crippen LogP contribution in [0.2, 0.25) is 10.0 Å². The summed E-state index contributed by atoms with van der Waals surface area (Å²) in [5.41, 5.74) is 1.82. The third-order valence-corrected chi connectivity index (χ3v) is 4.54. The molecular weight excluding hydrogens is 361 g/mol. The van der Waals surface area contributed by atoms with Gasteiger partial charge in [-0.2, -0.15) is 0 Å². The molecule has 2 atom stereocenters. The summed E-state index contributed by atoms with van der Waals surface area (Å²) in [7, 11) is 1.61. The molecule has 0 fully saturated rings. The summed E-state index contributed by atoms with van der Waals surface area (Å²) >= 11 is 11.9. The molecule has 4 nitrogen and oxygen atoms in total. The summed E-state index contributed by atoms with van der Waals surface area (Å²) in [6.45, 7) is 3.93. The van der Waals surface area contributed by atoms with Gasteiger partial charge < -0.3 is 14.8 Å². The van der Waals surface area contributed by atoms with Crippen molar-refractivity contribution >= 4 is 29.1 Å². The van der Waals surface area contributed by atoms with Crippen molar-refractivity contribution in [1.82, 2.24) is 5.32 Å². The van der Waals surface area contributed by atoms with Crippen LogP contribution in [0, 0.1) is 0 Å². The van der Waals surface area contributed by atoms with Gasteiger partial charge in [0.1, 0.15) is 11.9 Å². The summed E-state index contributed by atoms with van der Waals surface area (Å²) < 4.78 is 10.8. The Morgan fingerprint density at radius 1 is 1.12 bits per heavy atom. The highest BCUT2D eigenvalue weighted by Crippen LogP contribution is 2.25. The Morgan fingerprint density at radius 2 is 1.88 bits per heavy atom. The van der Waals surface area contributed by atoms with Gasteiger partial charge in [0.05, 0.1) is 29.8 Å². The van der Waals surface area contributed by atoms with Gasteiger partial charge in [0.25, 0.3) is 0 Å². The maximum atomic E-state index is 12.3. The number of nitrogens with one attached hydrogen (secondary N) is 1. The van der Waals surface area contributed by atoms with Crippen LogP contribution in [0.1, 0.15) is 31.0 Å². The maximum absolute atomic E-state index is 12.3. The zero-order valence-corrected chi connectivity index (χ0v) is 15.9. The quantitative estimate of drug-likeness (QED) is 0.750. The first-order valence-corrected chi connectivity index (χ1v) is 8.66. The van der Waals surface area contributed by atoms with E-state index in [1.807, 2.05) is 37.3 Å². The second-order valence-electron chi connectivity index (χ2n) is 5.71. The van der Waals surface area contributed by atoms with Crippen LogP contribution < -0.4 is 10.1 Å².